The van der Waals surface area contributed by atoms with Gasteiger partial charge in [0, 0.05) is 29.4 Å². The van der Waals surface area contributed by atoms with Crippen molar-refractivity contribution in [2.45, 2.75) is 16.3 Å². The van der Waals surface area contributed by atoms with Gasteiger partial charge in [-0.15, -0.1) is 0 Å². The zero-order valence-electron chi connectivity index (χ0n) is 13.4. The van der Waals surface area contributed by atoms with Gasteiger partial charge < -0.3 is 9.80 Å². The molecule has 0 aliphatic rings. The van der Waals surface area contributed by atoms with Crippen molar-refractivity contribution < 1.29 is 4.39 Å². The van der Waals surface area contributed by atoms with Crippen molar-refractivity contribution in [2.75, 3.05) is 34.2 Å². The highest BCUT2D eigenvalue weighted by Crippen LogP contribution is 2.32. The van der Waals surface area contributed by atoms with Crippen LogP contribution in [0.1, 0.15) is 5.56 Å². The van der Waals surface area contributed by atoms with Gasteiger partial charge in [-0.3, -0.25) is 0 Å². The first-order valence-corrected chi connectivity index (χ1v) is 8.21. The lowest BCUT2D eigenvalue weighted by Crippen LogP contribution is -2.28. The molecule has 0 amide bonds. The van der Waals surface area contributed by atoms with E-state index in [0.29, 0.717) is 4.90 Å². The number of hydrogen-bond acceptors (Lipinski definition) is 3. The Balaban J connectivity index is 2.08. The summed E-state index contributed by atoms with van der Waals surface area (Å²) in [7, 11) is 6.28. The Bertz CT molecular complexity index is 601. The lowest BCUT2D eigenvalue weighted by atomic mass is 10.2. The van der Waals surface area contributed by atoms with Gasteiger partial charge in [0.05, 0.1) is 0 Å². The summed E-state index contributed by atoms with van der Waals surface area (Å²) in [5, 5.41) is 0. The Morgan fingerprint density at radius 3 is 2.18 bits per heavy atom. The Kier molecular flexibility index (Phi) is 6.43. The lowest BCUT2D eigenvalue weighted by Gasteiger charge is -2.20. The molecule has 2 nitrogen and oxygen atoms in total. The highest BCUT2D eigenvalue weighted by molar-refractivity contribution is 7.99. The van der Waals surface area contributed by atoms with Crippen molar-refractivity contribution in [3.8, 4) is 0 Å². The van der Waals surface area contributed by atoms with Crippen molar-refractivity contribution in [1.82, 2.24) is 9.80 Å². The molecule has 0 unspecified atom stereocenters. The van der Waals surface area contributed by atoms with Gasteiger partial charge >= 0.3 is 0 Å². The van der Waals surface area contributed by atoms with E-state index in [0.717, 1.165) is 24.5 Å². The van der Waals surface area contributed by atoms with Gasteiger partial charge in [-0.1, -0.05) is 42.1 Å². The first-order chi connectivity index (χ1) is 10.6. The third-order valence-electron chi connectivity index (χ3n) is 3.40. The van der Waals surface area contributed by atoms with E-state index in [1.807, 2.05) is 24.3 Å². The topological polar surface area (TPSA) is 6.48 Å². The molecule has 118 valence electrons. The molecule has 0 fully saturated rings. The van der Waals surface area contributed by atoms with Crippen LogP contribution in [0.25, 0.3) is 0 Å². The summed E-state index contributed by atoms with van der Waals surface area (Å²) >= 11 is 1.50. The number of likely N-dealkylation sites (N-methyl/N-ethyl adjacent to an activating group) is 2. The third-order valence-corrected chi connectivity index (χ3v) is 4.57. The number of hydrogen-bond donors (Lipinski definition) is 0. The molecule has 2 aromatic rings. The minimum absolute atomic E-state index is 0.164. The van der Waals surface area contributed by atoms with Gasteiger partial charge in [0.1, 0.15) is 5.82 Å². The van der Waals surface area contributed by atoms with E-state index < -0.39 is 0 Å². The molecule has 0 heterocycles. The average Bonchev–Trinajstić information content (AvgIpc) is 2.49. The second-order valence-electron chi connectivity index (χ2n) is 5.68. The van der Waals surface area contributed by atoms with Crippen molar-refractivity contribution in [2.24, 2.45) is 0 Å². The maximum absolute atomic E-state index is 13.8. The summed E-state index contributed by atoms with van der Waals surface area (Å²) in [6.07, 6.45) is 0. The van der Waals surface area contributed by atoms with Crippen LogP contribution in [-0.2, 0) is 6.54 Å². The Hall–Kier alpha value is -1.36. The molecule has 0 spiro atoms. The molecule has 0 N–H and O–H groups in total. The Morgan fingerprint density at radius 2 is 1.50 bits per heavy atom. The van der Waals surface area contributed by atoms with Crippen LogP contribution in [0.5, 0.6) is 0 Å². The molecule has 2 rings (SSSR count). The Morgan fingerprint density at radius 1 is 0.864 bits per heavy atom. The van der Waals surface area contributed by atoms with Crippen LogP contribution >= 0.6 is 11.8 Å². The van der Waals surface area contributed by atoms with E-state index >= 15 is 0 Å². The van der Waals surface area contributed by atoms with E-state index in [2.05, 4.69) is 43.1 Å². The molecule has 0 aromatic heterocycles. The van der Waals surface area contributed by atoms with Crippen LogP contribution in [0.15, 0.2) is 58.3 Å². The largest absolute Gasteiger partial charge is 0.308 e. The summed E-state index contributed by atoms with van der Waals surface area (Å²) in [5.41, 5.74) is 1.23. The maximum atomic E-state index is 13.8. The summed E-state index contributed by atoms with van der Waals surface area (Å²) in [6.45, 7) is 2.90. The zero-order chi connectivity index (χ0) is 15.9. The van der Waals surface area contributed by atoms with Crippen LogP contribution in [-0.4, -0.2) is 44.0 Å². The molecule has 0 aliphatic carbocycles. The highest BCUT2D eigenvalue weighted by atomic mass is 32.2. The maximum Gasteiger partial charge on any atom is 0.137 e. The number of nitrogens with zero attached hydrogens (tertiary/aromatic N) is 2. The number of halogens is 1. The first kappa shape index (κ1) is 17.0. The molecule has 22 heavy (non-hydrogen) atoms. The minimum Gasteiger partial charge on any atom is -0.308 e. The monoisotopic (exact) mass is 318 g/mol. The molecular weight excluding hydrogens is 295 g/mol. The SMILES string of the molecule is CN(C)CCN(C)Cc1ccccc1Sc1ccccc1F. The van der Waals surface area contributed by atoms with Gasteiger partial charge in [-0.05, 0) is 44.9 Å². The molecular formula is C18H23FN2S. The number of benzene rings is 2. The van der Waals surface area contributed by atoms with Crippen molar-refractivity contribution in [3.63, 3.8) is 0 Å². The minimum atomic E-state index is -0.164. The normalized spacial score (nSPS) is 11.4. The van der Waals surface area contributed by atoms with Gasteiger partial charge in [-0.2, -0.15) is 0 Å². The second-order valence-corrected chi connectivity index (χ2v) is 6.77. The fourth-order valence-electron chi connectivity index (χ4n) is 2.12. The lowest BCUT2D eigenvalue weighted by molar-refractivity contribution is 0.275. The quantitative estimate of drug-likeness (QED) is 0.763. The molecule has 2 aromatic carbocycles. The molecule has 0 atom stereocenters. The summed E-state index contributed by atoms with van der Waals surface area (Å²) < 4.78 is 13.8. The van der Waals surface area contributed by atoms with E-state index in [1.165, 1.54) is 23.4 Å². The van der Waals surface area contributed by atoms with Crippen molar-refractivity contribution in [1.29, 1.82) is 0 Å². The van der Waals surface area contributed by atoms with Gasteiger partial charge in [-0.25, -0.2) is 4.39 Å². The van der Waals surface area contributed by atoms with Crippen LogP contribution < -0.4 is 0 Å². The first-order valence-electron chi connectivity index (χ1n) is 7.40. The molecule has 0 radical (unpaired) electrons. The highest BCUT2D eigenvalue weighted by Gasteiger charge is 2.09. The molecule has 0 saturated carbocycles. The van der Waals surface area contributed by atoms with Gasteiger partial charge in [0.2, 0.25) is 0 Å². The van der Waals surface area contributed by atoms with Crippen LogP contribution in [0.2, 0.25) is 0 Å². The molecule has 0 aliphatic heterocycles. The standard InChI is InChI=1S/C18H23FN2S/c1-20(2)12-13-21(3)14-15-8-4-6-10-17(15)22-18-11-7-5-9-16(18)19/h4-11H,12-14H2,1-3H3. The van der Waals surface area contributed by atoms with Crippen molar-refractivity contribution >= 4 is 11.8 Å². The average molecular weight is 318 g/mol. The Labute approximate surface area is 136 Å². The van der Waals surface area contributed by atoms with Crippen LogP contribution in [0.4, 0.5) is 4.39 Å². The second kappa shape index (κ2) is 8.32. The summed E-state index contributed by atoms with van der Waals surface area (Å²) in [6, 6.07) is 15.2. The smallest absolute Gasteiger partial charge is 0.137 e. The van der Waals surface area contributed by atoms with E-state index in [9.17, 15) is 4.39 Å². The molecule has 4 heteroatoms. The van der Waals surface area contributed by atoms with Crippen LogP contribution in [0, 0.1) is 5.82 Å². The van der Waals surface area contributed by atoms with Gasteiger partial charge in [0.25, 0.3) is 0 Å². The predicted octanol–water partition coefficient (Wildman–Crippen LogP) is 3.97. The fraction of sp³-hybridized carbons (Fsp3) is 0.333. The van der Waals surface area contributed by atoms with E-state index in [4.69, 9.17) is 0 Å². The number of rotatable bonds is 7. The van der Waals surface area contributed by atoms with Crippen molar-refractivity contribution in [3.05, 3.63) is 59.9 Å². The van der Waals surface area contributed by atoms with E-state index in [1.54, 1.807) is 6.07 Å². The summed E-state index contributed by atoms with van der Waals surface area (Å²) in [4.78, 5) is 6.26. The van der Waals surface area contributed by atoms with Crippen LogP contribution in [0.3, 0.4) is 0 Å². The van der Waals surface area contributed by atoms with E-state index in [-0.39, 0.29) is 5.82 Å². The zero-order valence-corrected chi connectivity index (χ0v) is 14.2. The molecule has 0 bridgehead atoms. The van der Waals surface area contributed by atoms with Gasteiger partial charge in [0.15, 0.2) is 0 Å². The fourth-order valence-corrected chi connectivity index (χ4v) is 3.08. The third kappa shape index (κ3) is 5.13. The predicted molar refractivity (Wildman–Crippen MR) is 91.9 cm³/mol. The summed E-state index contributed by atoms with van der Waals surface area (Å²) in [5.74, 6) is -0.164. The molecule has 0 saturated heterocycles.